The van der Waals surface area contributed by atoms with Crippen LogP contribution in [0.4, 0.5) is 4.39 Å². The molecule has 2 aromatic carbocycles. The Labute approximate surface area is 160 Å². The van der Waals surface area contributed by atoms with Crippen molar-refractivity contribution in [3.63, 3.8) is 0 Å². The van der Waals surface area contributed by atoms with Gasteiger partial charge >= 0.3 is 0 Å². The van der Waals surface area contributed by atoms with Gasteiger partial charge in [0.15, 0.2) is 0 Å². The molecule has 3 rings (SSSR count). The lowest BCUT2D eigenvalue weighted by Gasteiger charge is -2.35. The minimum Gasteiger partial charge on any atom is -0.497 e. The average Bonchev–Trinajstić information content (AvgIpc) is 2.71. The van der Waals surface area contributed by atoms with Crippen molar-refractivity contribution in [3.05, 3.63) is 65.5 Å². The van der Waals surface area contributed by atoms with Crippen LogP contribution < -0.4 is 10.1 Å². The first-order chi connectivity index (χ1) is 13.2. The Morgan fingerprint density at radius 1 is 1.11 bits per heavy atom. The third-order valence-corrected chi connectivity index (χ3v) is 5.13. The maximum absolute atomic E-state index is 13.8. The van der Waals surface area contributed by atoms with Crippen molar-refractivity contribution in [2.75, 3.05) is 26.7 Å². The van der Waals surface area contributed by atoms with Crippen LogP contribution in [-0.4, -0.2) is 37.6 Å². The molecule has 1 aliphatic rings. The fourth-order valence-corrected chi connectivity index (χ4v) is 3.60. The molecular formula is C22H27FN2O2. The highest BCUT2D eigenvalue weighted by atomic mass is 19.1. The second-order valence-corrected chi connectivity index (χ2v) is 6.96. The Bertz CT molecular complexity index is 742. The second kappa shape index (κ2) is 9.51. The van der Waals surface area contributed by atoms with E-state index in [-0.39, 0.29) is 24.2 Å². The molecule has 0 bridgehead atoms. The number of nitrogens with zero attached hydrogens (tertiary/aromatic N) is 1. The van der Waals surface area contributed by atoms with E-state index in [1.807, 2.05) is 12.1 Å². The van der Waals surface area contributed by atoms with E-state index in [4.69, 9.17) is 4.74 Å². The molecule has 0 aliphatic carbocycles. The normalized spacial score (nSPS) is 15.9. The van der Waals surface area contributed by atoms with Crippen molar-refractivity contribution in [1.82, 2.24) is 10.2 Å². The summed E-state index contributed by atoms with van der Waals surface area (Å²) in [5.74, 6) is 0.325. The molecule has 1 amide bonds. The van der Waals surface area contributed by atoms with E-state index in [9.17, 15) is 9.18 Å². The van der Waals surface area contributed by atoms with Gasteiger partial charge in [-0.2, -0.15) is 0 Å². The quantitative estimate of drug-likeness (QED) is 0.808. The summed E-state index contributed by atoms with van der Waals surface area (Å²) in [6.07, 6.45) is 3.67. The van der Waals surface area contributed by atoms with Crippen LogP contribution in [0.1, 0.15) is 36.4 Å². The second-order valence-electron chi connectivity index (χ2n) is 6.96. The fourth-order valence-electron chi connectivity index (χ4n) is 3.60. The Kier molecular flexibility index (Phi) is 6.82. The van der Waals surface area contributed by atoms with Crippen LogP contribution in [0.25, 0.3) is 0 Å². The summed E-state index contributed by atoms with van der Waals surface area (Å²) in [5.41, 5.74) is 1.58. The molecule has 0 radical (unpaired) electrons. The number of nitrogens with one attached hydrogen (secondary N) is 1. The monoisotopic (exact) mass is 370 g/mol. The van der Waals surface area contributed by atoms with Crippen LogP contribution in [0.15, 0.2) is 48.5 Å². The van der Waals surface area contributed by atoms with Gasteiger partial charge in [-0.05, 0) is 55.3 Å². The smallest absolute Gasteiger partial charge is 0.224 e. The molecule has 5 heteroatoms. The van der Waals surface area contributed by atoms with Crippen LogP contribution in [0, 0.1) is 5.82 Å². The lowest BCUT2D eigenvalue weighted by atomic mass is 10.0. The van der Waals surface area contributed by atoms with E-state index in [0.717, 1.165) is 24.4 Å². The van der Waals surface area contributed by atoms with E-state index in [1.165, 1.54) is 25.3 Å². The Morgan fingerprint density at radius 2 is 1.81 bits per heavy atom. The minimum atomic E-state index is -0.338. The molecule has 144 valence electrons. The third kappa shape index (κ3) is 5.30. The Hall–Kier alpha value is -2.40. The largest absolute Gasteiger partial charge is 0.497 e. The zero-order chi connectivity index (χ0) is 19.1. The zero-order valence-electron chi connectivity index (χ0n) is 15.8. The van der Waals surface area contributed by atoms with Gasteiger partial charge in [-0.1, -0.05) is 36.8 Å². The molecule has 1 N–H and O–H groups in total. The van der Waals surface area contributed by atoms with Crippen molar-refractivity contribution >= 4 is 5.91 Å². The van der Waals surface area contributed by atoms with Gasteiger partial charge in [0.2, 0.25) is 5.91 Å². The van der Waals surface area contributed by atoms with E-state index in [1.54, 1.807) is 25.3 Å². The Morgan fingerprint density at radius 3 is 2.48 bits per heavy atom. The van der Waals surface area contributed by atoms with Gasteiger partial charge in [-0.15, -0.1) is 0 Å². The minimum absolute atomic E-state index is 0.0575. The molecular weight excluding hydrogens is 343 g/mol. The highest BCUT2D eigenvalue weighted by Gasteiger charge is 2.23. The van der Waals surface area contributed by atoms with Crippen molar-refractivity contribution in [2.45, 2.75) is 31.7 Å². The summed E-state index contributed by atoms with van der Waals surface area (Å²) >= 11 is 0. The van der Waals surface area contributed by atoms with E-state index < -0.39 is 0 Å². The first-order valence-electron chi connectivity index (χ1n) is 9.55. The number of hydrogen-bond acceptors (Lipinski definition) is 3. The van der Waals surface area contributed by atoms with Gasteiger partial charge in [-0.25, -0.2) is 4.39 Å². The zero-order valence-corrected chi connectivity index (χ0v) is 15.8. The van der Waals surface area contributed by atoms with Gasteiger partial charge in [-0.3, -0.25) is 9.69 Å². The molecule has 4 nitrogen and oxygen atoms in total. The number of likely N-dealkylation sites (tertiary alicyclic amines) is 1. The number of methoxy groups -OCH3 is 1. The van der Waals surface area contributed by atoms with Crippen molar-refractivity contribution < 1.29 is 13.9 Å². The summed E-state index contributed by atoms with van der Waals surface area (Å²) in [7, 11) is 1.65. The molecule has 0 saturated carbocycles. The number of ether oxygens (including phenoxy) is 1. The predicted molar refractivity (Wildman–Crippen MR) is 104 cm³/mol. The number of hydrogen-bond donors (Lipinski definition) is 1. The van der Waals surface area contributed by atoms with Gasteiger partial charge in [0.1, 0.15) is 11.6 Å². The Balaban J connectivity index is 1.67. The van der Waals surface area contributed by atoms with Gasteiger partial charge < -0.3 is 10.1 Å². The van der Waals surface area contributed by atoms with Gasteiger partial charge in [0, 0.05) is 6.54 Å². The number of amides is 1. The molecule has 1 aliphatic heterocycles. The summed E-state index contributed by atoms with van der Waals surface area (Å²) < 4.78 is 19.0. The summed E-state index contributed by atoms with van der Waals surface area (Å²) in [5, 5.41) is 3.00. The standard InChI is InChI=1S/C22H27FN2O2/c1-27-19-11-9-17(10-12-19)21(25-13-5-2-6-14-25)16-24-22(26)15-18-7-3-4-8-20(18)23/h3-4,7-12,21H,2,5-6,13-16H2,1H3,(H,24,26)/t21-/m1/s1. The number of carbonyl (C=O) groups excluding carboxylic acids is 1. The topological polar surface area (TPSA) is 41.6 Å². The maximum atomic E-state index is 13.8. The van der Waals surface area contributed by atoms with Crippen LogP contribution in [0.5, 0.6) is 5.75 Å². The third-order valence-electron chi connectivity index (χ3n) is 5.13. The van der Waals surface area contributed by atoms with Crippen LogP contribution in [0.3, 0.4) is 0 Å². The average molecular weight is 370 g/mol. The summed E-state index contributed by atoms with van der Waals surface area (Å²) in [4.78, 5) is 14.8. The van der Waals surface area contributed by atoms with Gasteiger partial charge in [0.25, 0.3) is 0 Å². The van der Waals surface area contributed by atoms with Gasteiger partial charge in [0.05, 0.1) is 19.6 Å². The van der Waals surface area contributed by atoms with Crippen LogP contribution in [0.2, 0.25) is 0 Å². The number of benzene rings is 2. The van der Waals surface area contributed by atoms with E-state index >= 15 is 0 Å². The summed E-state index contributed by atoms with van der Waals surface area (Å²) in [6, 6.07) is 14.5. The highest BCUT2D eigenvalue weighted by molar-refractivity contribution is 5.78. The summed E-state index contributed by atoms with van der Waals surface area (Å²) in [6.45, 7) is 2.57. The molecule has 0 unspecified atom stereocenters. The van der Waals surface area contributed by atoms with Crippen molar-refractivity contribution in [1.29, 1.82) is 0 Å². The maximum Gasteiger partial charge on any atom is 0.224 e. The molecule has 0 spiro atoms. The number of carbonyl (C=O) groups is 1. The van der Waals surface area contributed by atoms with Crippen LogP contribution in [-0.2, 0) is 11.2 Å². The fraction of sp³-hybridized carbons (Fsp3) is 0.409. The van der Waals surface area contributed by atoms with E-state index in [0.29, 0.717) is 12.1 Å². The molecule has 1 atom stereocenters. The van der Waals surface area contributed by atoms with Crippen molar-refractivity contribution in [2.24, 2.45) is 0 Å². The highest BCUT2D eigenvalue weighted by Crippen LogP contribution is 2.26. The van der Waals surface area contributed by atoms with E-state index in [2.05, 4.69) is 22.3 Å². The predicted octanol–water partition coefficient (Wildman–Crippen LogP) is 3.72. The molecule has 1 fully saturated rings. The lowest BCUT2D eigenvalue weighted by Crippen LogP contribution is -2.41. The SMILES string of the molecule is COc1ccc([C@@H](CNC(=O)Cc2ccccc2F)N2CCCCC2)cc1. The molecule has 1 heterocycles. The number of piperidine rings is 1. The van der Waals surface area contributed by atoms with Crippen LogP contribution >= 0.6 is 0 Å². The number of halogens is 1. The van der Waals surface area contributed by atoms with Crippen molar-refractivity contribution in [3.8, 4) is 5.75 Å². The molecule has 2 aromatic rings. The number of rotatable bonds is 7. The molecule has 27 heavy (non-hydrogen) atoms. The molecule has 1 saturated heterocycles. The lowest BCUT2D eigenvalue weighted by molar-refractivity contribution is -0.120. The first-order valence-corrected chi connectivity index (χ1v) is 9.55. The molecule has 0 aromatic heterocycles. The first kappa shape index (κ1) is 19.4.